The molecule has 9 nitrogen and oxygen atoms in total. The van der Waals surface area contributed by atoms with Crippen LogP contribution in [-0.4, -0.2) is 62.6 Å². The van der Waals surface area contributed by atoms with Gasteiger partial charge in [0.2, 0.25) is 12.2 Å². The minimum atomic E-state index is -1.52. The summed E-state index contributed by atoms with van der Waals surface area (Å²) in [5.41, 5.74) is 0. The van der Waals surface area contributed by atoms with Gasteiger partial charge in [-0.1, -0.05) is 0 Å². The number of carbonyl (C=O) groups is 1. The van der Waals surface area contributed by atoms with Crippen LogP contribution < -0.4 is 5.32 Å². The molecule has 2 heterocycles. The number of anilines is 1. The first-order chi connectivity index (χ1) is 8.58. The highest BCUT2D eigenvalue weighted by Gasteiger charge is 2.39. The lowest BCUT2D eigenvalue weighted by Crippen LogP contribution is -2.54. The number of nitrogens with zero attached hydrogens (tertiary/aromatic N) is 1. The van der Waals surface area contributed by atoms with Crippen LogP contribution in [0.15, 0.2) is 12.4 Å². The molecular weight excluding hydrogens is 246 g/mol. The summed E-state index contributed by atoms with van der Waals surface area (Å²) in [6.07, 6.45) is -3.48. The molecule has 4 atom stereocenters. The Bertz CT molecular complexity index is 397. The van der Waals surface area contributed by atoms with Crippen LogP contribution in [0.3, 0.4) is 0 Å². The zero-order valence-electron chi connectivity index (χ0n) is 9.18. The average Bonchev–Trinajstić information content (AvgIpc) is 2.83. The number of aromatic nitrogens is 2. The minimum absolute atomic E-state index is 0.172. The molecule has 18 heavy (non-hydrogen) atoms. The number of aliphatic hydroxyl groups excluding tert-OH is 3. The third kappa shape index (κ3) is 2.76. The molecule has 1 aliphatic heterocycles. The number of rotatable bonds is 2. The Morgan fingerprint density at radius 3 is 2.94 bits per heavy atom. The summed E-state index contributed by atoms with van der Waals surface area (Å²) in [7, 11) is 0. The van der Waals surface area contributed by atoms with Crippen molar-refractivity contribution in [3.63, 3.8) is 0 Å². The molecule has 1 saturated heterocycles. The first kappa shape index (κ1) is 12.8. The fourth-order valence-corrected chi connectivity index (χ4v) is 1.45. The second-order valence-corrected chi connectivity index (χ2v) is 3.72. The molecule has 1 fully saturated rings. The van der Waals surface area contributed by atoms with E-state index in [1.54, 1.807) is 0 Å². The van der Waals surface area contributed by atoms with E-state index in [-0.39, 0.29) is 12.6 Å². The Hall–Kier alpha value is -1.68. The van der Waals surface area contributed by atoms with Gasteiger partial charge in [0.15, 0.2) is 0 Å². The van der Waals surface area contributed by atoms with Gasteiger partial charge in [-0.2, -0.15) is 0 Å². The number of ether oxygens (including phenoxy) is 2. The zero-order chi connectivity index (χ0) is 13.1. The number of amides is 1. The lowest BCUT2D eigenvalue weighted by Gasteiger charge is -2.34. The van der Waals surface area contributed by atoms with E-state index < -0.39 is 30.7 Å². The molecule has 0 spiro atoms. The summed E-state index contributed by atoms with van der Waals surface area (Å²) in [5.74, 6) is 0.172. The monoisotopic (exact) mass is 259 g/mol. The summed E-state index contributed by atoms with van der Waals surface area (Å²) in [4.78, 5) is 17.7. The van der Waals surface area contributed by atoms with E-state index in [4.69, 9.17) is 9.47 Å². The van der Waals surface area contributed by atoms with E-state index >= 15 is 0 Å². The van der Waals surface area contributed by atoms with Crippen molar-refractivity contribution in [2.24, 2.45) is 0 Å². The molecule has 0 aliphatic carbocycles. The fourth-order valence-electron chi connectivity index (χ4n) is 1.45. The van der Waals surface area contributed by atoms with Crippen LogP contribution in [0, 0.1) is 0 Å². The van der Waals surface area contributed by atoms with Crippen LogP contribution >= 0.6 is 0 Å². The molecule has 0 unspecified atom stereocenters. The van der Waals surface area contributed by atoms with E-state index in [9.17, 15) is 20.1 Å². The van der Waals surface area contributed by atoms with Crippen LogP contribution in [0.25, 0.3) is 0 Å². The third-order valence-corrected chi connectivity index (χ3v) is 2.40. The molecule has 0 radical (unpaired) electrons. The van der Waals surface area contributed by atoms with Crippen LogP contribution in [0.4, 0.5) is 10.7 Å². The SMILES string of the molecule is O=C(Nc1ncc[nH]1)O[C@@H]1OC[C@@H](O)[C@@H](O)[C@H]1O. The smallest absolute Gasteiger partial charge is 0.416 e. The molecule has 2 rings (SSSR count). The minimum Gasteiger partial charge on any atom is -0.416 e. The van der Waals surface area contributed by atoms with Gasteiger partial charge in [-0.15, -0.1) is 0 Å². The van der Waals surface area contributed by atoms with Gasteiger partial charge in [-0.25, -0.2) is 9.78 Å². The summed E-state index contributed by atoms with van der Waals surface area (Å²) in [5, 5.41) is 30.3. The lowest BCUT2D eigenvalue weighted by molar-refractivity contribution is -0.249. The molecule has 9 heteroatoms. The van der Waals surface area contributed by atoms with Crippen molar-refractivity contribution in [1.29, 1.82) is 0 Å². The maximum atomic E-state index is 11.4. The van der Waals surface area contributed by atoms with E-state index in [0.717, 1.165) is 0 Å². The lowest BCUT2D eigenvalue weighted by atomic mass is 10.1. The Morgan fingerprint density at radius 1 is 1.50 bits per heavy atom. The average molecular weight is 259 g/mol. The highest BCUT2D eigenvalue weighted by atomic mass is 16.7. The predicted octanol–water partition coefficient (Wildman–Crippen LogP) is -1.60. The molecule has 0 saturated carbocycles. The molecule has 1 amide bonds. The zero-order valence-corrected chi connectivity index (χ0v) is 9.18. The van der Waals surface area contributed by atoms with Gasteiger partial charge in [0.1, 0.15) is 18.3 Å². The summed E-state index contributed by atoms with van der Waals surface area (Å²) in [6.45, 7) is -0.239. The van der Waals surface area contributed by atoms with Crippen molar-refractivity contribution >= 4 is 12.0 Å². The maximum absolute atomic E-state index is 11.4. The van der Waals surface area contributed by atoms with Crippen LogP contribution in [0.2, 0.25) is 0 Å². The summed E-state index contributed by atoms with van der Waals surface area (Å²) in [6, 6.07) is 0. The van der Waals surface area contributed by atoms with E-state index in [0.29, 0.717) is 0 Å². The molecule has 100 valence electrons. The first-order valence-electron chi connectivity index (χ1n) is 5.20. The van der Waals surface area contributed by atoms with Crippen molar-refractivity contribution in [3.8, 4) is 0 Å². The molecule has 1 aromatic rings. The molecular formula is C9H13N3O6. The number of imidazole rings is 1. The highest BCUT2D eigenvalue weighted by molar-refractivity contribution is 5.82. The Morgan fingerprint density at radius 2 is 2.28 bits per heavy atom. The highest BCUT2D eigenvalue weighted by Crippen LogP contribution is 2.17. The molecule has 1 aliphatic rings. The predicted molar refractivity (Wildman–Crippen MR) is 56.5 cm³/mol. The Balaban J connectivity index is 1.87. The van der Waals surface area contributed by atoms with Crippen molar-refractivity contribution in [1.82, 2.24) is 9.97 Å². The number of H-pyrrole nitrogens is 1. The summed E-state index contributed by atoms with van der Waals surface area (Å²) < 4.78 is 9.63. The van der Waals surface area contributed by atoms with Crippen LogP contribution in [0.1, 0.15) is 0 Å². The number of carbonyl (C=O) groups excluding carboxylic acids is 1. The van der Waals surface area contributed by atoms with Crippen molar-refractivity contribution in [3.05, 3.63) is 12.4 Å². The van der Waals surface area contributed by atoms with Gasteiger partial charge < -0.3 is 29.8 Å². The molecule has 0 bridgehead atoms. The number of hydrogen-bond acceptors (Lipinski definition) is 7. The number of aromatic amines is 1. The third-order valence-electron chi connectivity index (χ3n) is 2.40. The van der Waals surface area contributed by atoms with E-state index in [2.05, 4.69) is 15.3 Å². The van der Waals surface area contributed by atoms with Gasteiger partial charge in [-0.3, -0.25) is 5.32 Å². The van der Waals surface area contributed by atoms with Gasteiger partial charge in [0.05, 0.1) is 6.61 Å². The normalized spacial score (nSPS) is 31.9. The quantitative estimate of drug-likeness (QED) is 0.431. The van der Waals surface area contributed by atoms with Gasteiger partial charge in [0, 0.05) is 12.4 Å². The van der Waals surface area contributed by atoms with E-state index in [1.807, 2.05) is 0 Å². The largest absolute Gasteiger partial charge is 0.416 e. The summed E-state index contributed by atoms with van der Waals surface area (Å²) >= 11 is 0. The standard InChI is InChI=1S/C9H13N3O6/c13-4-3-17-7(6(15)5(4)14)18-9(16)12-8-10-1-2-11-8/h1-2,4-7,13-15H,3H2,(H2,10,11,12,16)/t4-,5-,6-,7+/m1/s1. The molecule has 1 aromatic heterocycles. The van der Waals surface area contributed by atoms with Crippen molar-refractivity contribution in [2.45, 2.75) is 24.6 Å². The van der Waals surface area contributed by atoms with Crippen LogP contribution in [-0.2, 0) is 9.47 Å². The molecule has 5 N–H and O–H groups in total. The first-order valence-corrected chi connectivity index (χ1v) is 5.20. The van der Waals surface area contributed by atoms with E-state index in [1.165, 1.54) is 12.4 Å². The van der Waals surface area contributed by atoms with Gasteiger partial charge in [-0.05, 0) is 0 Å². The number of nitrogens with one attached hydrogen (secondary N) is 2. The number of aliphatic hydroxyl groups is 3. The van der Waals surface area contributed by atoms with Crippen molar-refractivity contribution in [2.75, 3.05) is 11.9 Å². The van der Waals surface area contributed by atoms with Crippen molar-refractivity contribution < 1.29 is 29.6 Å². The maximum Gasteiger partial charge on any atom is 0.416 e. The van der Waals surface area contributed by atoms with Crippen LogP contribution in [0.5, 0.6) is 0 Å². The van der Waals surface area contributed by atoms with Gasteiger partial charge >= 0.3 is 6.09 Å². The topological polar surface area (TPSA) is 137 Å². The molecule has 0 aromatic carbocycles. The fraction of sp³-hybridized carbons (Fsp3) is 0.556. The second-order valence-electron chi connectivity index (χ2n) is 3.72. The Kier molecular flexibility index (Phi) is 3.77. The Labute approximate surface area is 101 Å². The van der Waals surface area contributed by atoms with Gasteiger partial charge in [0.25, 0.3) is 0 Å². The second kappa shape index (κ2) is 5.31. The number of hydrogen-bond donors (Lipinski definition) is 5.